The molecule has 82 valence electrons. The van der Waals surface area contributed by atoms with Crippen LogP contribution in [-0.4, -0.2) is 17.2 Å². The number of nitrogens with zero attached hydrogens (tertiary/aromatic N) is 1. The summed E-state index contributed by atoms with van der Waals surface area (Å²) >= 11 is 0. The van der Waals surface area contributed by atoms with Crippen molar-refractivity contribution in [2.45, 2.75) is 33.7 Å². The van der Waals surface area contributed by atoms with Crippen LogP contribution in [0.3, 0.4) is 0 Å². The number of amides is 1. The Hall–Kier alpha value is -1.51. The average molecular weight is 207 g/mol. The second kappa shape index (κ2) is 4.34. The Morgan fingerprint density at radius 2 is 1.93 bits per heavy atom. The van der Waals surface area contributed by atoms with Gasteiger partial charge in [0.15, 0.2) is 0 Å². The Labute approximate surface area is 90.3 Å². The summed E-state index contributed by atoms with van der Waals surface area (Å²) in [6.45, 7) is 7.63. The van der Waals surface area contributed by atoms with Gasteiger partial charge in [-0.25, -0.2) is 4.79 Å². The number of carboxylic acid groups (broad SMARTS) is 1. The molecule has 0 aliphatic carbocycles. The molecule has 0 radical (unpaired) electrons. The van der Waals surface area contributed by atoms with Crippen molar-refractivity contribution in [3.05, 3.63) is 29.3 Å². The van der Waals surface area contributed by atoms with Gasteiger partial charge in [-0.1, -0.05) is 12.1 Å². The maximum Gasteiger partial charge on any atom is 0.412 e. The minimum atomic E-state index is -0.904. The molecule has 1 rings (SSSR count). The predicted octanol–water partition coefficient (Wildman–Crippen LogP) is 3.20. The van der Waals surface area contributed by atoms with E-state index in [0.29, 0.717) is 0 Å². The first-order valence-electron chi connectivity index (χ1n) is 5.03. The summed E-state index contributed by atoms with van der Waals surface area (Å²) in [6, 6.07) is 5.79. The van der Waals surface area contributed by atoms with Crippen LogP contribution in [0, 0.1) is 13.8 Å². The molecule has 0 fully saturated rings. The van der Waals surface area contributed by atoms with Crippen molar-refractivity contribution in [1.29, 1.82) is 0 Å². The fourth-order valence-electron chi connectivity index (χ4n) is 1.58. The molecule has 3 heteroatoms. The highest BCUT2D eigenvalue weighted by atomic mass is 16.4. The lowest BCUT2D eigenvalue weighted by atomic mass is 10.1. The van der Waals surface area contributed by atoms with E-state index in [4.69, 9.17) is 5.11 Å². The van der Waals surface area contributed by atoms with E-state index in [1.54, 1.807) is 0 Å². The van der Waals surface area contributed by atoms with Gasteiger partial charge in [0.2, 0.25) is 0 Å². The number of anilines is 1. The van der Waals surface area contributed by atoms with E-state index in [2.05, 4.69) is 0 Å². The van der Waals surface area contributed by atoms with Gasteiger partial charge in [0.1, 0.15) is 0 Å². The Balaban J connectivity index is 3.22. The van der Waals surface area contributed by atoms with E-state index >= 15 is 0 Å². The van der Waals surface area contributed by atoms with Crippen molar-refractivity contribution in [3.8, 4) is 0 Å². The predicted molar refractivity (Wildman–Crippen MR) is 61.6 cm³/mol. The molecule has 0 unspecified atom stereocenters. The van der Waals surface area contributed by atoms with Crippen LogP contribution >= 0.6 is 0 Å². The van der Waals surface area contributed by atoms with Gasteiger partial charge < -0.3 is 5.11 Å². The lowest BCUT2D eigenvalue weighted by molar-refractivity contribution is 0.200. The van der Waals surface area contributed by atoms with Crippen molar-refractivity contribution in [1.82, 2.24) is 0 Å². The molecule has 1 amide bonds. The zero-order valence-electron chi connectivity index (χ0n) is 9.61. The summed E-state index contributed by atoms with van der Waals surface area (Å²) in [5, 5.41) is 9.14. The molecule has 1 N–H and O–H groups in total. The first kappa shape index (κ1) is 11.6. The quantitative estimate of drug-likeness (QED) is 0.809. The molecular weight excluding hydrogens is 190 g/mol. The Kier molecular flexibility index (Phi) is 3.35. The van der Waals surface area contributed by atoms with E-state index in [9.17, 15) is 4.79 Å². The van der Waals surface area contributed by atoms with Crippen molar-refractivity contribution < 1.29 is 9.90 Å². The number of hydrogen-bond donors (Lipinski definition) is 1. The molecule has 0 aromatic heterocycles. The molecule has 0 atom stereocenters. The smallest absolute Gasteiger partial charge is 0.412 e. The SMILES string of the molecule is Cc1ccc(C)c(N(C(=O)O)C(C)C)c1. The van der Waals surface area contributed by atoms with Crippen molar-refractivity contribution in [2.75, 3.05) is 4.90 Å². The van der Waals surface area contributed by atoms with Gasteiger partial charge in [-0.3, -0.25) is 4.90 Å². The second-order valence-electron chi connectivity index (χ2n) is 4.04. The molecule has 0 aliphatic rings. The molecule has 1 aromatic rings. The minimum absolute atomic E-state index is 0.0528. The second-order valence-corrected chi connectivity index (χ2v) is 4.04. The lowest BCUT2D eigenvalue weighted by Crippen LogP contribution is -2.36. The third-order valence-electron chi connectivity index (χ3n) is 2.35. The average Bonchev–Trinajstić information content (AvgIpc) is 2.10. The fourth-order valence-corrected chi connectivity index (χ4v) is 1.58. The van der Waals surface area contributed by atoms with E-state index in [1.807, 2.05) is 45.9 Å². The summed E-state index contributed by atoms with van der Waals surface area (Å²) in [6.07, 6.45) is -0.904. The number of rotatable bonds is 2. The number of carbonyl (C=O) groups is 1. The highest BCUT2D eigenvalue weighted by Gasteiger charge is 2.19. The van der Waals surface area contributed by atoms with Crippen LogP contribution in [0.5, 0.6) is 0 Å². The normalized spacial score (nSPS) is 10.5. The van der Waals surface area contributed by atoms with Crippen molar-refractivity contribution in [2.24, 2.45) is 0 Å². The number of benzene rings is 1. The van der Waals surface area contributed by atoms with Crippen LogP contribution in [0.25, 0.3) is 0 Å². The van der Waals surface area contributed by atoms with Gasteiger partial charge >= 0.3 is 6.09 Å². The van der Waals surface area contributed by atoms with E-state index in [0.717, 1.165) is 16.8 Å². The molecular formula is C12H17NO2. The Morgan fingerprint density at radius 3 is 2.40 bits per heavy atom. The minimum Gasteiger partial charge on any atom is -0.465 e. The first-order valence-corrected chi connectivity index (χ1v) is 5.03. The number of hydrogen-bond acceptors (Lipinski definition) is 1. The summed E-state index contributed by atoms with van der Waals surface area (Å²) in [7, 11) is 0. The van der Waals surface area contributed by atoms with E-state index in [-0.39, 0.29) is 6.04 Å². The zero-order chi connectivity index (χ0) is 11.6. The summed E-state index contributed by atoms with van der Waals surface area (Å²) < 4.78 is 0. The number of aryl methyl sites for hydroxylation is 2. The molecule has 0 heterocycles. The van der Waals surface area contributed by atoms with Crippen LogP contribution in [0.15, 0.2) is 18.2 Å². The van der Waals surface area contributed by atoms with Crippen molar-refractivity contribution >= 4 is 11.8 Å². The zero-order valence-corrected chi connectivity index (χ0v) is 9.61. The first-order chi connectivity index (χ1) is 6.93. The van der Waals surface area contributed by atoms with Crippen LogP contribution in [0.2, 0.25) is 0 Å². The highest BCUT2D eigenvalue weighted by molar-refractivity contribution is 5.87. The molecule has 1 aromatic carbocycles. The van der Waals surface area contributed by atoms with Gasteiger partial charge in [-0.15, -0.1) is 0 Å². The monoisotopic (exact) mass is 207 g/mol. The molecule has 0 spiro atoms. The molecule has 0 saturated carbocycles. The maximum absolute atomic E-state index is 11.1. The summed E-state index contributed by atoms with van der Waals surface area (Å²) in [5.74, 6) is 0. The molecule has 15 heavy (non-hydrogen) atoms. The van der Waals surface area contributed by atoms with E-state index in [1.165, 1.54) is 4.90 Å². The Morgan fingerprint density at radius 1 is 1.33 bits per heavy atom. The highest BCUT2D eigenvalue weighted by Crippen LogP contribution is 2.23. The van der Waals surface area contributed by atoms with Gasteiger partial charge in [0.25, 0.3) is 0 Å². The van der Waals surface area contributed by atoms with Crippen LogP contribution < -0.4 is 4.90 Å². The largest absolute Gasteiger partial charge is 0.465 e. The third-order valence-corrected chi connectivity index (χ3v) is 2.35. The van der Waals surface area contributed by atoms with Gasteiger partial charge in [0, 0.05) is 6.04 Å². The van der Waals surface area contributed by atoms with Crippen molar-refractivity contribution in [3.63, 3.8) is 0 Å². The summed E-state index contributed by atoms with van der Waals surface area (Å²) in [5.41, 5.74) is 2.83. The molecule has 0 saturated heterocycles. The van der Waals surface area contributed by atoms with Crippen LogP contribution in [0.4, 0.5) is 10.5 Å². The third kappa shape index (κ3) is 2.49. The molecule has 0 aliphatic heterocycles. The summed E-state index contributed by atoms with van der Waals surface area (Å²) in [4.78, 5) is 12.5. The molecule has 0 bridgehead atoms. The van der Waals surface area contributed by atoms with Gasteiger partial charge in [-0.2, -0.15) is 0 Å². The van der Waals surface area contributed by atoms with Gasteiger partial charge in [0.05, 0.1) is 5.69 Å². The standard InChI is InChI=1S/C12H17NO2/c1-8(2)13(12(14)15)11-7-9(3)5-6-10(11)4/h5-8H,1-4H3,(H,14,15). The Bertz CT molecular complexity index is 372. The van der Waals surface area contributed by atoms with Crippen LogP contribution in [0.1, 0.15) is 25.0 Å². The van der Waals surface area contributed by atoms with E-state index < -0.39 is 6.09 Å². The fraction of sp³-hybridized carbons (Fsp3) is 0.417. The van der Waals surface area contributed by atoms with Crippen LogP contribution in [-0.2, 0) is 0 Å². The topological polar surface area (TPSA) is 40.5 Å². The lowest BCUT2D eigenvalue weighted by Gasteiger charge is -2.25. The molecule has 3 nitrogen and oxygen atoms in total. The van der Waals surface area contributed by atoms with Gasteiger partial charge in [-0.05, 0) is 44.9 Å². The maximum atomic E-state index is 11.1.